The fraction of sp³-hybridized carbons (Fsp3) is 0.261. The number of hydrogen-bond acceptors (Lipinski definition) is 4. The quantitative estimate of drug-likeness (QED) is 0.412. The normalized spacial score (nSPS) is 17.2. The number of pyridine rings is 1. The second-order valence-electron chi connectivity index (χ2n) is 7.93. The molecule has 166 valence electrons. The van der Waals surface area contributed by atoms with Gasteiger partial charge in [0.05, 0.1) is 16.8 Å². The predicted octanol–water partition coefficient (Wildman–Crippen LogP) is 5.54. The van der Waals surface area contributed by atoms with Crippen molar-refractivity contribution in [3.63, 3.8) is 0 Å². The van der Waals surface area contributed by atoms with Crippen molar-refractivity contribution in [3.8, 4) is 0 Å². The highest BCUT2D eigenvalue weighted by Gasteiger charge is 2.48. The number of carbonyl (C=O) groups excluding carboxylic acids is 2. The first-order chi connectivity index (χ1) is 15.1. The molecule has 5 nitrogen and oxygen atoms in total. The molecule has 1 aliphatic heterocycles. The summed E-state index contributed by atoms with van der Waals surface area (Å²) in [7, 11) is 0. The topological polar surface area (TPSA) is 53.5 Å². The number of benzene rings is 2. The average molecular weight is 459 g/mol. The molecule has 0 saturated carbocycles. The van der Waals surface area contributed by atoms with Crippen LogP contribution in [0.15, 0.2) is 59.6 Å². The summed E-state index contributed by atoms with van der Waals surface area (Å²) < 4.78 is 40.1. The molecule has 0 bridgehead atoms. The Kier molecular flexibility index (Phi) is 5.62. The van der Waals surface area contributed by atoms with Crippen LogP contribution in [0.4, 0.5) is 23.7 Å². The molecule has 9 heteroatoms. The Morgan fingerprint density at radius 1 is 1.06 bits per heavy atom. The largest absolute Gasteiger partial charge is 0.417 e. The van der Waals surface area contributed by atoms with E-state index in [0.29, 0.717) is 0 Å². The highest BCUT2D eigenvalue weighted by atomic mass is 32.1. The van der Waals surface area contributed by atoms with Crippen LogP contribution in [0.25, 0.3) is 10.9 Å². The minimum absolute atomic E-state index is 0.119. The molecule has 1 atom stereocenters. The molecule has 3 amide bonds. The van der Waals surface area contributed by atoms with E-state index in [1.807, 2.05) is 24.3 Å². The van der Waals surface area contributed by atoms with E-state index in [1.54, 1.807) is 26.1 Å². The number of amides is 3. The van der Waals surface area contributed by atoms with E-state index in [4.69, 9.17) is 0 Å². The van der Waals surface area contributed by atoms with Gasteiger partial charge < -0.3 is 4.90 Å². The average Bonchev–Trinajstić information content (AvgIpc) is 2.97. The smallest absolute Gasteiger partial charge is 0.307 e. The van der Waals surface area contributed by atoms with Crippen LogP contribution in [-0.4, -0.2) is 27.9 Å². The maximum Gasteiger partial charge on any atom is 0.417 e. The van der Waals surface area contributed by atoms with Gasteiger partial charge in [-0.25, -0.2) is 9.69 Å². The second-order valence-corrected chi connectivity index (χ2v) is 8.38. The Labute approximate surface area is 188 Å². The van der Waals surface area contributed by atoms with E-state index in [-0.39, 0.29) is 18.2 Å². The van der Waals surface area contributed by atoms with Gasteiger partial charge in [0.1, 0.15) is 6.04 Å². The summed E-state index contributed by atoms with van der Waals surface area (Å²) in [5, 5.41) is 0.838. The fourth-order valence-corrected chi connectivity index (χ4v) is 4.43. The van der Waals surface area contributed by atoms with E-state index < -0.39 is 34.6 Å². The van der Waals surface area contributed by atoms with Crippen LogP contribution in [0.5, 0.6) is 0 Å². The van der Waals surface area contributed by atoms with Crippen LogP contribution >= 0.6 is 12.6 Å². The zero-order valence-corrected chi connectivity index (χ0v) is 18.2. The van der Waals surface area contributed by atoms with Crippen LogP contribution < -0.4 is 4.90 Å². The zero-order valence-electron chi connectivity index (χ0n) is 17.3. The molecular weight excluding hydrogens is 439 g/mol. The van der Waals surface area contributed by atoms with Crippen molar-refractivity contribution in [2.45, 2.75) is 37.5 Å². The highest BCUT2D eigenvalue weighted by Crippen LogP contribution is 2.41. The third-order valence-corrected chi connectivity index (χ3v) is 5.99. The van der Waals surface area contributed by atoms with Gasteiger partial charge in [0.25, 0.3) is 5.91 Å². The lowest BCUT2D eigenvalue weighted by molar-refractivity contribution is -0.139. The zero-order chi connectivity index (χ0) is 23.2. The molecule has 1 unspecified atom stereocenters. The van der Waals surface area contributed by atoms with Gasteiger partial charge in [-0.2, -0.15) is 13.2 Å². The van der Waals surface area contributed by atoms with E-state index in [1.165, 1.54) is 17.0 Å². The van der Waals surface area contributed by atoms with E-state index in [0.717, 1.165) is 27.4 Å². The number of aromatic nitrogens is 1. The van der Waals surface area contributed by atoms with E-state index in [9.17, 15) is 22.8 Å². The highest BCUT2D eigenvalue weighted by molar-refractivity contribution is 7.80. The first-order valence-corrected chi connectivity index (χ1v) is 10.4. The van der Waals surface area contributed by atoms with Crippen LogP contribution in [-0.2, 0) is 17.5 Å². The summed E-state index contributed by atoms with van der Waals surface area (Å²) in [5.41, 5.74) is 0.361. The second kappa shape index (κ2) is 8.12. The number of hydrogen-bond donors (Lipinski definition) is 1. The molecule has 2 aromatic carbocycles. The molecule has 0 radical (unpaired) electrons. The van der Waals surface area contributed by atoms with Gasteiger partial charge in [-0.1, -0.05) is 38.1 Å². The number of imide groups is 1. The lowest BCUT2D eigenvalue weighted by atomic mass is 10.0. The summed E-state index contributed by atoms with van der Waals surface area (Å²) in [6, 6.07) is 11.0. The van der Waals surface area contributed by atoms with Crippen LogP contribution in [0, 0.1) is 5.92 Å². The van der Waals surface area contributed by atoms with Gasteiger partial charge in [-0.15, -0.1) is 12.6 Å². The monoisotopic (exact) mass is 459 g/mol. The summed E-state index contributed by atoms with van der Waals surface area (Å²) in [5.74, 6) is -0.822. The Morgan fingerprint density at radius 3 is 2.47 bits per heavy atom. The third kappa shape index (κ3) is 3.70. The lowest BCUT2D eigenvalue weighted by Gasteiger charge is -2.25. The number of thiol groups is 1. The van der Waals surface area contributed by atoms with Crippen molar-refractivity contribution in [2.24, 2.45) is 5.92 Å². The van der Waals surface area contributed by atoms with Crippen molar-refractivity contribution in [3.05, 3.63) is 65.9 Å². The SMILES string of the molecule is CC(C)C1C(=O)N(c2cccc(C(F)(F)F)c2S)C(=O)N1Cc1ccnc2ccccc12. The molecule has 2 heterocycles. The first kappa shape index (κ1) is 22.1. The molecule has 1 aromatic heterocycles. The van der Waals surface area contributed by atoms with Gasteiger partial charge in [-0.3, -0.25) is 9.78 Å². The van der Waals surface area contributed by atoms with Gasteiger partial charge >= 0.3 is 12.2 Å². The van der Waals surface area contributed by atoms with Crippen molar-refractivity contribution in [1.29, 1.82) is 0 Å². The van der Waals surface area contributed by atoms with Crippen molar-refractivity contribution < 1.29 is 22.8 Å². The van der Waals surface area contributed by atoms with Gasteiger partial charge in [0.15, 0.2) is 0 Å². The molecule has 3 aromatic rings. The number of nitrogens with zero attached hydrogens (tertiary/aromatic N) is 3. The van der Waals surface area contributed by atoms with Crippen LogP contribution in [0.1, 0.15) is 25.0 Å². The van der Waals surface area contributed by atoms with E-state index >= 15 is 0 Å². The number of carbonyl (C=O) groups is 2. The molecular formula is C23H20F3N3O2S. The molecule has 4 rings (SSSR count). The Balaban J connectivity index is 1.77. The van der Waals surface area contributed by atoms with Gasteiger partial charge in [-0.05, 0) is 35.7 Å². The van der Waals surface area contributed by atoms with Gasteiger partial charge in [0, 0.05) is 23.0 Å². The number of alkyl halides is 3. The van der Waals surface area contributed by atoms with Gasteiger partial charge in [0.2, 0.25) is 0 Å². The number of anilines is 1. The standard InChI is InChI=1S/C23H20F3N3O2S/c1-13(2)19-21(30)29(18-9-5-7-16(20(18)32)23(24,25)26)22(31)28(19)12-14-10-11-27-17-8-4-3-6-15(14)17/h3-11,13,19,32H,12H2,1-2H3. The maximum atomic E-state index is 13.4. The Hall–Kier alpha value is -3.07. The summed E-state index contributed by atoms with van der Waals surface area (Å²) >= 11 is 4.03. The number of rotatable bonds is 4. The Bertz CT molecular complexity index is 1210. The Morgan fingerprint density at radius 2 is 1.78 bits per heavy atom. The maximum absolute atomic E-state index is 13.4. The molecule has 1 aliphatic rings. The predicted molar refractivity (Wildman–Crippen MR) is 117 cm³/mol. The molecule has 1 saturated heterocycles. The number of para-hydroxylation sites is 1. The summed E-state index contributed by atoms with van der Waals surface area (Å²) in [6.07, 6.45) is -3.03. The number of urea groups is 1. The molecule has 32 heavy (non-hydrogen) atoms. The fourth-order valence-electron chi connectivity index (χ4n) is 4.06. The van der Waals surface area contributed by atoms with E-state index in [2.05, 4.69) is 17.6 Å². The minimum Gasteiger partial charge on any atom is -0.307 e. The molecule has 1 fully saturated rings. The summed E-state index contributed by atoms with van der Waals surface area (Å²) in [6.45, 7) is 3.71. The van der Waals surface area contributed by atoms with Crippen LogP contribution in [0.2, 0.25) is 0 Å². The number of halogens is 3. The molecule has 0 aliphatic carbocycles. The number of fused-ring (bicyclic) bond motifs is 1. The lowest BCUT2D eigenvalue weighted by Crippen LogP contribution is -2.38. The van der Waals surface area contributed by atoms with Crippen molar-refractivity contribution >= 4 is 41.2 Å². The molecule has 0 spiro atoms. The minimum atomic E-state index is -4.66. The third-order valence-electron chi connectivity index (χ3n) is 5.52. The van der Waals surface area contributed by atoms with Crippen molar-refractivity contribution in [1.82, 2.24) is 9.88 Å². The first-order valence-electron chi connectivity index (χ1n) is 9.97. The van der Waals surface area contributed by atoms with Crippen LogP contribution in [0.3, 0.4) is 0 Å². The molecule has 0 N–H and O–H groups in total. The summed E-state index contributed by atoms with van der Waals surface area (Å²) in [4.78, 5) is 32.7. The van der Waals surface area contributed by atoms with Crippen molar-refractivity contribution in [2.75, 3.05) is 4.90 Å².